The first-order valence-electron chi connectivity index (χ1n) is 6.24. The number of hydrogen-bond acceptors (Lipinski definition) is 2. The number of benzene rings is 2. The Hall–Kier alpha value is -1.80. The van der Waals surface area contributed by atoms with Crippen molar-refractivity contribution in [1.82, 2.24) is 0 Å². The van der Waals surface area contributed by atoms with Crippen molar-refractivity contribution in [3.8, 4) is 16.9 Å². The highest BCUT2D eigenvalue weighted by molar-refractivity contribution is 5.65. The van der Waals surface area contributed by atoms with Crippen LogP contribution in [-0.4, -0.2) is 7.11 Å². The second-order valence-electron chi connectivity index (χ2n) is 4.37. The van der Waals surface area contributed by atoms with Crippen LogP contribution in [-0.2, 0) is 0 Å². The molecule has 94 valence electrons. The van der Waals surface area contributed by atoms with E-state index in [1.165, 1.54) is 11.1 Å². The smallest absolute Gasteiger partial charge is 0.119 e. The maximum absolute atomic E-state index is 6.01. The van der Waals surface area contributed by atoms with Gasteiger partial charge in [-0.3, -0.25) is 0 Å². The van der Waals surface area contributed by atoms with Gasteiger partial charge in [0.2, 0.25) is 0 Å². The van der Waals surface area contributed by atoms with Crippen molar-refractivity contribution in [2.45, 2.75) is 19.4 Å². The van der Waals surface area contributed by atoms with E-state index in [0.717, 1.165) is 17.7 Å². The Morgan fingerprint density at radius 2 is 1.78 bits per heavy atom. The van der Waals surface area contributed by atoms with Crippen LogP contribution in [0.1, 0.15) is 24.9 Å². The Morgan fingerprint density at radius 3 is 2.39 bits per heavy atom. The zero-order valence-corrected chi connectivity index (χ0v) is 10.9. The molecule has 2 nitrogen and oxygen atoms in total. The number of nitrogens with two attached hydrogens (primary N) is 1. The first-order valence-corrected chi connectivity index (χ1v) is 6.24. The van der Waals surface area contributed by atoms with E-state index in [0.29, 0.717) is 0 Å². The number of rotatable bonds is 4. The number of hydrogen-bond donors (Lipinski definition) is 1. The Labute approximate surface area is 108 Å². The van der Waals surface area contributed by atoms with Gasteiger partial charge in [0.25, 0.3) is 0 Å². The Morgan fingerprint density at radius 1 is 1.06 bits per heavy atom. The van der Waals surface area contributed by atoms with Gasteiger partial charge in [-0.05, 0) is 35.2 Å². The summed E-state index contributed by atoms with van der Waals surface area (Å²) >= 11 is 0. The maximum Gasteiger partial charge on any atom is 0.119 e. The Bertz CT molecular complexity index is 505. The third-order valence-electron chi connectivity index (χ3n) is 3.18. The first kappa shape index (κ1) is 12.7. The van der Waals surface area contributed by atoms with Gasteiger partial charge in [-0.2, -0.15) is 0 Å². The van der Waals surface area contributed by atoms with Gasteiger partial charge < -0.3 is 10.5 Å². The Kier molecular flexibility index (Phi) is 4.00. The Balaban J connectivity index is 2.28. The predicted octanol–water partition coefficient (Wildman–Crippen LogP) is 3.77. The van der Waals surface area contributed by atoms with Gasteiger partial charge in [-0.15, -0.1) is 0 Å². The highest BCUT2D eigenvalue weighted by Gasteiger charge is 2.04. The molecule has 0 aliphatic carbocycles. The molecule has 2 aromatic carbocycles. The first-order chi connectivity index (χ1) is 8.74. The standard InChI is InChI=1S/C16H19NO/c1-3-16(17)13-9-7-12(8-10-13)14-5-4-6-15(11-14)18-2/h4-11,16H,3,17H2,1-2H3. The molecule has 1 atom stereocenters. The minimum atomic E-state index is 0.129. The molecule has 1 unspecified atom stereocenters. The molecule has 0 aromatic heterocycles. The van der Waals surface area contributed by atoms with Crippen molar-refractivity contribution in [3.05, 3.63) is 54.1 Å². The van der Waals surface area contributed by atoms with E-state index < -0.39 is 0 Å². The van der Waals surface area contributed by atoms with Crippen LogP contribution in [0.2, 0.25) is 0 Å². The fraction of sp³-hybridized carbons (Fsp3) is 0.250. The van der Waals surface area contributed by atoms with Crippen LogP contribution in [0.15, 0.2) is 48.5 Å². The quantitative estimate of drug-likeness (QED) is 0.884. The lowest BCUT2D eigenvalue weighted by Gasteiger charge is -2.10. The zero-order valence-electron chi connectivity index (χ0n) is 10.9. The van der Waals surface area contributed by atoms with Gasteiger partial charge in [0, 0.05) is 6.04 Å². The molecule has 2 N–H and O–H groups in total. The highest BCUT2D eigenvalue weighted by atomic mass is 16.5. The molecule has 0 amide bonds. The van der Waals surface area contributed by atoms with Gasteiger partial charge in [-0.25, -0.2) is 0 Å². The van der Waals surface area contributed by atoms with Crippen LogP contribution in [0.4, 0.5) is 0 Å². The summed E-state index contributed by atoms with van der Waals surface area (Å²) in [5.74, 6) is 0.877. The molecule has 0 aliphatic rings. The van der Waals surface area contributed by atoms with E-state index >= 15 is 0 Å². The zero-order chi connectivity index (χ0) is 13.0. The molecule has 0 spiro atoms. The van der Waals surface area contributed by atoms with Crippen LogP contribution in [0.5, 0.6) is 5.75 Å². The summed E-state index contributed by atoms with van der Waals surface area (Å²) in [6.07, 6.45) is 0.957. The fourth-order valence-corrected chi connectivity index (χ4v) is 1.96. The summed E-state index contributed by atoms with van der Waals surface area (Å²) in [5.41, 5.74) is 9.53. The molecular weight excluding hydrogens is 222 g/mol. The van der Waals surface area contributed by atoms with E-state index in [9.17, 15) is 0 Å². The van der Waals surface area contributed by atoms with E-state index in [2.05, 4.69) is 37.3 Å². The average Bonchev–Trinajstić information content (AvgIpc) is 2.46. The van der Waals surface area contributed by atoms with Crippen molar-refractivity contribution >= 4 is 0 Å². The molecular formula is C16H19NO. The van der Waals surface area contributed by atoms with Crippen molar-refractivity contribution in [2.75, 3.05) is 7.11 Å². The van der Waals surface area contributed by atoms with E-state index in [4.69, 9.17) is 10.5 Å². The van der Waals surface area contributed by atoms with Gasteiger partial charge in [-0.1, -0.05) is 43.3 Å². The van der Waals surface area contributed by atoms with Gasteiger partial charge >= 0.3 is 0 Å². The normalized spacial score (nSPS) is 12.2. The third-order valence-corrected chi connectivity index (χ3v) is 3.18. The summed E-state index contributed by atoms with van der Waals surface area (Å²) in [7, 11) is 1.68. The van der Waals surface area contributed by atoms with Crippen LogP contribution in [0, 0.1) is 0 Å². The van der Waals surface area contributed by atoms with Crippen LogP contribution >= 0.6 is 0 Å². The predicted molar refractivity (Wildman–Crippen MR) is 75.6 cm³/mol. The van der Waals surface area contributed by atoms with Gasteiger partial charge in [0.15, 0.2) is 0 Å². The maximum atomic E-state index is 6.01. The lowest BCUT2D eigenvalue weighted by Crippen LogP contribution is -2.08. The van der Waals surface area contributed by atoms with Crippen molar-refractivity contribution in [1.29, 1.82) is 0 Å². The lowest BCUT2D eigenvalue weighted by molar-refractivity contribution is 0.415. The highest BCUT2D eigenvalue weighted by Crippen LogP contribution is 2.25. The van der Waals surface area contributed by atoms with E-state index in [-0.39, 0.29) is 6.04 Å². The summed E-state index contributed by atoms with van der Waals surface area (Å²) in [6, 6.07) is 16.6. The number of ether oxygens (including phenoxy) is 1. The molecule has 0 fully saturated rings. The van der Waals surface area contributed by atoms with Gasteiger partial charge in [0.05, 0.1) is 7.11 Å². The molecule has 0 bridgehead atoms. The van der Waals surface area contributed by atoms with E-state index in [1.807, 2.05) is 18.2 Å². The van der Waals surface area contributed by atoms with Gasteiger partial charge in [0.1, 0.15) is 5.75 Å². The minimum absolute atomic E-state index is 0.129. The lowest BCUT2D eigenvalue weighted by atomic mass is 10.00. The largest absolute Gasteiger partial charge is 0.497 e. The third kappa shape index (κ3) is 2.71. The van der Waals surface area contributed by atoms with Crippen molar-refractivity contribution < 1.29 is 4.74 Å². The molecule has 0 heterocycles. The summed E-state index contributed by atoms with van der Waals surface area (Å²) < 4.78 is 5.24. The summed E-state index contributed by atoms with van der Waals surface area (Å²) in [5, 5.41) is 0. The molecule has 18 heavy (non-hydrogen) atoms. The second-order valence-corrected chi connectivity index (χ2v) is 4.37. The van der Waals surface area contributed by atoms with Crippen LogP contribution < -0.4 is 10.5 Å². The minimum Gasteiger partial charge on any atom is -0.497 e. The van der Waals surface area contributed by atoms with Crippen LogP contribution in [0.3, 0.4) is 0 Å². The molecule has 0 saturated heterocycles. The molecule has 0 aliphatic heterocycles. The average molecular weight is 241 g/mol. The topological polar surface area (TPSA) is 35.2 Å². The summed E-state index contributed by atoms with van der Waals surface area (Å²) in [6.45, 7) is 2.10. The SMILES string of the molecule is CCC(N)c1ccc(-c2cccc(OC)c2)cc1. The fourth-order valence-electron chi connectivity index (χ4n) is 1.96. The summed E-state index contributed by atoms with van der Waals surface area (Å²) in [4.78, 5) is 0. The molecule has 2 rings (SSSR count). The van der Waals surface area contributed by atoms with Crippen LogP contribution in [0.25, 0.3) is 11.1 Å². The number of methoxy groups -OCH3 is 1. The monoisotopic (exact) mass is 241 g/mol. The second kappa shape index (κ2) is 5.69. The van der Waals surface area contributed by atoms with E-state index in [1.54, 1.807) is 7.11 Å². The van der Waals surface area contributed by atoms with Crippen molar-refractivity contribution in [3.63, 3.8) is 0 Å². The van der Waals surface area contributed by atoms with Crippen molar-refractivity contribution in [2.24, 2.45) is 5.73 Å². The molecule has 2 heteroatoms. The molecule has 2 aromatic rings. The molecule has 0 saturated carbocycles. The molecule has 0 radical (unpaired) electrons.